The molecule has 0 spiro atoms. The molecule has 2 rings (SSSR count). The molecule has 1 aliphatic rings. The minimum atomic E-state index is -4.38. The van der Waals surface area contributed by atoms with Gasteiger partial charge < -0.3 is 0 Å². The van der Waals surface area contributed by atoms with Crippen molar-refractivity contribution >= 4 is 5.91 Å². The summed E-state index contributed by atoms with van der Waals surface area (Å²) < 4.78 is 52.2. The van der Waals surface area contributed by atoms with Gasteiger partial charge in [0.25, 0.3) is 0 Å². The predicted molar refractivity (Wildman–Crippen MR) is 73.3 cm³/mol. The highest BCUT2D eigenvalue weighted by Crippen LogP contribution is 2.29. The van der Waals surface area contributed by atoms with Gasteiger partial charge in [0, 0.05) is 13.0 Å². The lowest BCUT2D eigenvalue weighted by molar-refractivity contribution is -0.190. The van der Waals surface area contributed by atoms with Crippen LogP contribution in [0.3, 0.4) is 0 Å². The summed E-state index contributed by atoms with van der Waals surface area (Å²) in [5.74, 6) is -0.723. The van der Waals surface area contributed by atoms with Gasteiger partial charge in [0.2, 0.25) is 5.91 Å². The largest absolute Gasteiger partial charge is 0.405 e. The minimum Gasteiger partial charge on any atom is -0.288 e. The van der Waals surface area contributed by atoms with E-state index in [-0.39, 0.29) is 31.1 Å². The third-order valence-corrected chi connectivity index (χ3v) is 3.68. The first-order valence-corrected chi connectivity index (χ1v) is 7.23. The second kappa shape index (κ2) is 7.09. The van der Waals surface area contributed by atoms with Crippen molar-refractivity contribution in [2.24, 2.45) is 0 Å². The normalized spacial score (nSPS) is 17.5. The number of hydrazine groups is 1. The Labute approximate surface area is 126 Å². The number of hydrogen-bond acceptors (Lipinski definition) is 2. The van der Waals surface area contributed by atoms with E-state index in [1.807, 2.05) is 0 Å². The summed E-state index contributed by atoms with van der Waals surface area (Å²) in [5.41, 5.74) is 3.03. The molecule has 0 bridgehead atoms. The van der Waals surface area contributed by atoms with Gasteiger partial charge in [-0.15, -0.1) is 0 Å². The number of hydrogen-bond donors (Lipinski definition) is 1. The maximum Gasteiger partial charge on any atom is 0.405 e. The number of carbonyl (C=O) groups is 1. The van der Waals surface area contributed by atoms with Crippen LogP contribution in [0.5, 0.6) is 0 Å². The predicted octanol–water partition coefficient (Wildman–Crippen LogP) is 3.21. The zero-order valence-corrected chi connectivity index (χ0v) is 12.0. The van der Waals surface area contributed by atoms with Crippen LogP contribution in [0, 0.1) is 5.82 Å². The molecule has 1 N–H and O–H groups in total. The van der Waals surface area contributed by atoms with E-state index in [1.165, 1.54) is 12.1 Å². The first-order valence-electron chi connectivity index (χ1n) is 7.23. The molecule has 1 aliphatic heterocycles. The summed E-state index contributed by atoms with van der Waals surface area (Å²) in [4.78, 5) is 11.1. The molecular weight excluding hydrogens is 300 g/mol. The van der Waals surface area contributed by atoms with Crippen LogP contribution in [0.2, 0.25) is 0 Å². The Hall–Kier alpha value is -1.63. The van der Waals surface area contributed by atoms with E-state index >= 15 is 0 Å². The topological polar surface area (TPSA) is 32.3 Å². The second-order valence-electron chi connectivity index (χ2n) is 5.41. The maximum absolute atomic E-state index is 13.1. The van der Waals surface area contributed by atoms with Crippen molar-refractivity contribution in [2.45, 2.75) is 44.3 Å². The van der Waals surface area contributed by atoms with Gasteiger partial charge in [-0.25, -0.2) is 9.40 Å². The average molecular weight is 318 g/mol. The summed E-state index contributed by atoms with van der Waals surface area (Å²) in [5, 5.41) is 0.977. The molecule has 1 amide bonds. The summed E-state index contributed by atoms with van der Waals surface area (Å²) in [6, 6.07) is 4.40. The van der Waals surface area contributed by atoms with Crippen LogP contribution in [-0.4, -0.2) is 29.7 Å². The van der Waals surface area contributed by atoms with E-state index in [4.69, 9.17) is 0 Å². The number of carbonyl (C=O) groups excluding carboxylic acids is 1. The number of amides is 1. The van der Waals surface area contributed by atoms with Gasteiger partial charge in [0.1, 0.15) is 11.9 Å². The monoisotopic (exact) mass is 318 g/mol. The van der Waals surface area contributed by atoms with Gasteiger partial charge in [-0.1, -0.05) is 18.6 Å². The quantitative estimate of drug-likeness (QED) is 0.645. The van der Waals surface area contributed by atoms with E-state index < -0.39 is 12.2 Å². The fourth-order valence-electron chi connectivity index (χ4n) is 2.58. The van der Waals surface area contributed by atoms with Gasteiger partial charge in [-0.2, -0.15) is 13.2 Å². The van der Waals surface area contributed by atoms with Crippen molar-refractivity contribution in [3.63, 3.8) is 0 Å². The number of benzene rings is 1. The maximum atomic E-state index is 13.1. The standard InChI is InChI=1S/C15H18F4N2O/c16-12-6-3-5-11(10-12)4-1-2-7-13(15(17,18)19)21-9-8-14(22)20-21/h3,5-6,10,13H,1-2,4,7-9H2,(H,20,22)/t13-/m0/s1. The lowest BCUT2D eigenvalue weighted by atomic mass is 10.0. The smallest absolute Gasteiger partial charge is 0.288 e. The lowest BCUT2D eigenvalue weighted by Crippen LogP contribution is -2.49. The summed E-state index contributed by atoms with van der Waals surface area (Å²) >= 11 is 0. The molecular formula is C15H18F4N2O. The third kappa shape index (κ3) is 4.69. The van der Waals surface area contributed by atoms with Crippen LogP contribution < -0.4 is 5.43 Å². The molecule has 1 heterocycles. The van der Waals surface area contributed by atoms with Gasteiger partial charge in [0.05, 0.1) is 0 Å². The van der Waals surface area contributed by atoms with Gasteiger partial charge in [-0.3, -0.25) is 10.2 Å². The van der Waals surface area contributed by atoms with E-state index in [0.717, 1.165) is 10.6 Å². The van der Waals surface area contributed by atoms with E-state index in [0.29, 0.717) is 19.3 Å². The number of nitrogens with one attached hydrogen (secondary N) is 1. The Morgan fingerprint density at radius 1 is 1.27 bits per heavy atom. The fraction of sp³-hybridized carbons (Fsp3) is 0.533. The highest BCUT2D eigenvalue weighted by atomic mass is 19.4. The van der Waals surface area contributed by atoms with Crippen LogP contribution in [0.1, 0.15) is 31.2 Å². The van der Waals surface area contributed by atoms with Gasteiger partial charge in [-0.05, 0) is 37.0 Å². The molecule has 0 radical (unpaired) electrons. The molecule has 122 valence electrons. The van der Waals surface area contributed by atoms with Gasteiger partial charge >= 0.3 is 6.18 Å². The summed E-state index contributed by atoms with van der Waals surface area (Å²) in [6.07, 6.45) is -2.94. The number of alkyl halides is 3. The molecule has 7 heteroatoms. The molecule has 1 fully saturated rings. The van der Waals surface area contributed by atoms with Crippen molar-refractivity contribution in [1.29, 1.82) is 0 Å². The fourth-order valence-corrected chi connectivity index (χ4v) is 2.58. The van der Waals surface area contributed by atoms with Crippen LogP contribution in [0.25, 0.3) is 0 Å². The van der Waals surface area contributed by atoms with Crippen LogP contribution >= 0.6 is 0 Å². The summed E-state index contributed by atoms with van der Waals surface area (Å²) in [6.45, 7) is 0.0763. The number of unbranched alkanes of at least 4 members (excludes halogenated alkanes) is 1. The van der Waals surface area contributed by atoms with Crippen molar-refractivity contribution in [1.82, 2.24) is 10.4 Å². The lowest BCUT2D eigenvalue weighted by Gasteiger charge is -2.28. The molecule has 22 heavy (non-hydrogen) atoms. The zero-order chi connectivity index (χ0) is 16.2. The van der Waals surface area contributed by atoms with Crippen LogP contribution in [-0.2, 0) is 11.2 Å². The highest BCUT2D eigenvalue weighted by Gasteiger charge is 2.45. The first kappa shape index (κ1) is 16.7. The van der Waals surface area contributed by atoms with E-state index in [1.54, 1.807) is 12.1 Å². The Balaban J connectivity index is 1.83. The van der Waals surface area contributed by atoms with Crippen molar-refractivity contribution in [2.75, 3.05) is 6.54 Å². The summed E-state index contributed by atoms with van der Waals surface area (Å²) in [7, 11) is 0. The van der Waals surface area contributed by atoms with Crippen LogP contribution in [0.15, 0.2) is 24.3 Å². The molecule has 1 aromatic carbocycles. The molecule has 0 aromatic heterocycles. The van der Waals surface area contributed by atoms with E-state index in [2.05, 4.69) is 5.43 Å². The molecule has 0 aliphatic carbocycles. The third-order valence-electron chi connectivity index (χ3n) is 3.68. The molecule has 3 nitrogen and oxygen atoms in total. The average Bonchev–Trinajstić information content (AvgIpc) is 2.83. The Morgan fingerprint density at radius 3 is 2.64 bits per heavy atom. The Kier molecular flexibility index (Phi) is 5.39. The first-order chi connectivity index (χ1) is 10.4. The molecule has 1 aromatic rings. The Bertz CT molecular complexity index is 519. The zero-order valence-electron chi connectivity index (χ0n) is 12.0. The number of halogens is 4. The second-order valence-corrected chi connectivity index (χ2v) is 5.41. The molecule has 0 unspecified atom stereocenters. The van der Waals surface area contributed by atoms with Crippen molar-refractivity contribution in [3.8, 4) is 0 Å². The number of nitrogens with zero attached hydrogens (tertiary/aromatic N) is 1. The number of rotatable bonds is 6. The molecule has 0 saturated carbocycles. The Morgan fingerprint density at radius 2 is 2.05 bits per heavy atom. The SMILES string of the molecule is O=C1CCN([C@@H](CCCCc2cccc(F)c2)C(F)(F)F)N1. The van der Waals surface area contributed by atoms with E-state index in [9.17, 15) is 22.4 Å². The van der Waals surface area contributed by atoms with Crippen molar-refractivity contribution in [3.05, 3.63) is 35.6 Å². The van der Waals surface area contributed by atoms with Crippen LogP contribution in [0.4, 0.5) is 17.6 Å². The van der Waals surface area contributed by atoms with Crippen molar-refractivity contribution < 1.29 is 22.4 Å². The number of aryl methyl sites for hydroxylation is 1. The highest BCUT2D eigenvalue weighted by molar-refractivity contribution is 5.77. The minimum absolute atomic E-state index is 0.0763. The molecule has 1 saturated heterocycles. The van der Waals surface area contributed by atoms with Gasteiger partial charge in [0.15, 0.2) is 0 Å². The molecule has 1 atom stereocenters.